The average molecular weight is 356 g/mol. The van der Waals surface area contributed by atoms with E-state index in [1.54, 1.807) is 19.1 Å². The van der Waals surface area contributed by atoms with Gasteiger partial charge in [0.1, 0.15) is 0 Å². The smallest absolute Gasteiger partial charge is 0.340 e. The molecule has 1 aliphatic rings. The van der Waals surface area contributed by atoms with Gasteiger partial charge in [0.2, 0.25) is 0 Å². The van der Waals surface area contributed by atoms with Gasteiger partial charge in [-0.3, -0.25) is 4.79 Å². The van der Waals surface area contributed by atoms with Crippen molar-refractivity contribution >= 4 is 35.2 Å². The number of esters is 1. The van der Waals surface area contributed by atoms with Crippen molar-refractivity contribution in [1.82, 2.24) is 5.32 Å². The summed E-state index contributed by atoms with van der Waals surface area (Å²) in [4.78, 5) is 25.3. The Balaban J connectivity index is 1.94. The maximum Gasteiger partial charge on any atom is 0.340 e. The van der Waals surface area contributed by atoms with Gasteiger partial charge >= 0.3 is 5.97 Å². The molecule has 0 aliphatic heterocycles. The summed E-state index contributed by atoms with van der Waals surface area (Å²) < 4.78 is 5.28. The maximum absolute atomic E-state index is 12.2. The second-order valence-electron chi connectivity index (χ2n) is 5.74. The van der Waals surface area contributed by atoms with Crippen LogP contribution >= 0.6 is 23.4 Å². The summed E-state index contributed by atoms with van der Waals surface area (Å²) in [5.41, 5.74) is 0.288. The Kier molecular flexibility index (Phi) is 6.78. The molecule has 1 fully saturated rings. The summed E-state index contributed by atoms with van der Waals surface area (Å²) in [5, 5.41) is 3.29. The largest absolute Gasteiger partial charge is 0.449 e. The minimum Gasteiger partial charge on any atom is -0.449 e. The fourth-order valence-corrected chi connectivity index (χ4v) is 3.27. The Morgan fingerprint density at radius 3 is 2.65 bits per heavy atom. The van der Waals surface area contributed by atoms with Crippen molar-refractivity contribution < 1.29 is 14.3 Å². The predicted molar refractivity (Wildman–Crippen MR) is 93.1 cm³/mol. The lowest BCUT2D eigenvalue weighted by molar-refractivity contribution is -0.130. The topological polar surface area (TPSA) is 55.4 Å². The molecule has 1 aromatic carbocycles. The first-order valence-electron chi connectivity index (χ1n) is 7.86. The van der Waals surface area contributed by atoms with Gasteiger partial charge in [0, 0.05) is 10.9 Å². The highest BCUT2D eigenvalue weighted by Gasteiger charge is 2.23. The zero-order valence-electron chi connectivity index (χ0n) is 13.4. The molecule has 1 aromatic rings. The van der Waals surface area contributed by atoms with E-state index in [1.165, 1.54) is 18.2 Å². The lowest BCUT2D eigenvalue weighted by Crippen LogP contribution is -2.42. The van der Waals surface area contributed by atoms with E-state index in [2.05, 4.69) is 5.32 Å². The molecule has 1 saturated carbocycles. The van der Waals surface area contributed by atoms with Crippen LogP contribution in [0.25, 0.3) is 0 Å². The van der Waals surface area contributed by atoms with Crippen LogP contribution in [0.2, 0.25) is 5.02 Å². The number of ether oxygens (including phenoxy) is 1. The van der Waals surface area contributed by atoms with Crippen LogP contribution in [0.1, 0.15) is 49.4 Å². The molecule has 0 heterocycles. The normalized spacial score (nSPS) is 16.7. The first-order chi connectivity index (χ1) is 11.0. The molecule has 0 aromatic heterocycles. The lowest BCUT2D eigenvalue weighted by atomic mass is 9.95. The summed E-state index contributed by atoms with van der Waals surface area (Å²) in [6, 6.07) is 5.38. The van der Waals surface area contributed by atoms with Gasteiger partial charge in [0.05, 0.1) is 10.6 Å². The number of benzene rings is 1. The molecule has 23 heavy (non-hydrogen) atoms. The third-order valence-corrected chi connectivity index (χ3v) is 5.05. The van der Waals surface area contributed by atoms with E-state index < -0.39 is 12.1 Å². The SMILES string of the molecule is CSc1ccc(Cl)c(C(=O)OC(C)C(=O)NC2CCCCC2)c1. The van der Waals surface area contributed by atoms with Crippen LogP contribution in [0.4, 0.5) is 0 Å². The Bertz CT molecular complexity index is 573. The minimum absolute atomic E-state index is 0.195. The van der Waals surface area contributed by atoms with Gasteiger partial charge in [-0.05, 0) is 44.2 Å². The monoisotopic (exact) mass is 355 g/mol. The van der Waals surface area contributed by atoms with Crippen molar-refractivity contribution in [2.75, 3.05) is 6.26 Å². The van der Waals surface area contributed by atoms with Crippen molar-refractivity contribution in [1.29, 1.82) is 0 Å². The standard InChI is InChI=1S/C17H22ClNO3S/c1-11(16(20)19-12-6-4-3-5-7-12)22-17(21)14-10-13(23-2)8-9-15(14)18/h8-12H,3-7H2,1-2H3,(H,19,20). The van der Waals surface area contributed by atoms with Gasteiger partial charge in [-0.15, -0.1) is 11.8 Å². The molecule has 1 aliphatic carbocycles. The van der Waals surface area contributed by atoms with Crippen molar-refractivity contribution in [3.05, 3.63) is 28.8 Å². The number of rotatable bonds is 5. The minimum atomic E-state index is -0.835. The summed E-state index contributed by atoms with van der Waals surface area (Å²) >= 11 is 7.57. The molecular formula is C17H22ClNO3S. The number of nitrogens with one attached hydrogen (secondary N) is 1. The quantitative estimate of drug-likeness (QED) is 0.639. The molecule has 0 saturated heterocycles. The van der Waals surface area contributed by atoms with Crippen LogP contribution in [0.15, 0.2) is 23.1 Å². The average Bonchev–Trinajstić information content (AvgIpc) is 2.56. The van der Waals surface area contributed by atoms with Crippen LogP contribution in [-0.4, -0.2) is 30.3 Å². The Morgan fingerprint density at radius 2 is 2.00 bits per heavy atom. The summed E-state index contributed by atoms with van der Waals surface area (Å²) in [6.07, 6.45) is 6.56. The number of hydrogen-bond acceptors (Lipinski definition) is 4. The van der Waals surface area contributed by atoms with Gasteiger partial charge in [-0.25, -0.2) is 4.79 Å². The Hall–Kier alpha value is -1.20. The van der Waals surface area contributed by atoms with E-state index in [4.69, 9.17) is 16.3 Å². The Morgan fingerprint density at radius 1 is 1.30 bits per heavy atom. The predicted octanol–water partition coefficient (Wildman–Crippen LogP) is 4.06. The highest BCUT2D eigenvalue weighted by Crippen LogP contribution is 2.24. The summed E-state index contributed by atoms with van der Waals surface area (Å²) in [5.74, 6) is -0.820. The van der Waals surface area contributed by atoms with Crippen LogP contribution in [0, 0.1) is 0 Å². The molecular weight excluding hydrogens is 334 g/mol. The van der Waals surface area contributed by atoms with Gasteiger partial charge in [-0.1, -0.05) is 30.9 Å². The number of carbonyl (C=O) groups is 2. The molecule has 2 rings (SSSR count). The number of halogens is 1. The van der Waals surface area contributed by atoms with Crippen LogP contribution < -0.4 is 5.32 Å². The summed E-state index contributed by atoms with van der Waals surface area (Å²) in [6.45, 7) is 1.59. The molecule has 0 radical (unpaired) electrons. The number of thioether (sulfide) groups is 1. The van der Waals surface area contributed by atoms with Crippen LogP contribution in [0.3, 0.4) is 0 Å². The number of amides is 1. The molecule has 0 spiro atoms. The van der Waals surface area contributed by atoms with E-state index in [9.17, 15) is 9.59 Å². The van der Waals surface area contributed by atoms with E-state index in [1.807, 2.05) is 12.3 Å². The lowest BCUT2D eigenvalue weighted by Gasteiger charge is -2.24. The van der Waals surface area contributed by atoms with E-state index in [0.29, 0.717) is 5.02 Å². The van der Waals surface area contributed by atoms with Crippen LogP contribution in [0.5, 0.6) is 0 Å². The number of carbonyl (C=O) groups excluding carboxylic acids is 2. The van der Waals surface area contributed by atoms with Gasteiger partial charge < -0.3 is 10.1 Å². The van der Waals surface area contributed by atoms with Crippen molar-refractivity contribution in [2.45, 2.75) is 56.1 Å². The molecule has 6 heteroatoms. The van der Waals surface area contributed by atoms with Gasteiger partial charge in [0.15, 0.2) is 6.10 Å². The molecule has 1 unspecified atom stereocenters. The zero-order valence-corrected chi connectivity index (χ0v) is 15.0. The molecule has 1 atom stereocenters. The molecule has 1 N–H and O–H groups in total. The molecule has 4 nitrogen and oxygen atoms in total. The molecule has 126 valence electrons. The fourth-order valence-electron chi connectivity index (χ4n) is 2.63. The van der Waals surface area contributed by atoms with Crippen molar-refractivity contribution in [3.8, 4) is 0 Å². The van der Waals surface area contributed by atoms with E-state index in [0.717, 1.165) is 30.6 Å². The van der Waals surface area contributed by atoms with Gasteiger partial charge in [-0.2, -0.15) is 0 Å². The third kappa shape index (κ3) is 5.15. The highest BCUT2D eigenvalue weighted by molar-refractivity contribution is 7.98. The molecule has 1 amide bonds. The van der Waals surface area contributed by atoms with E-state index >= 15 is 0 Å². The fraction of sp³-hybridized carbons (Fsp3) is 0.529. The zero-order chi connectivity index (χ0) is 16.8. The first kappa shape index (κ1) is 18.1. The van der Waals surface area contributed by atoms with Gasteiger partial charge in [0.25, 0.3) is 5.91 Å². The van der Waals surface area contributed by atoms with Crippen molar-refractivity contribution in [3.63, 3.8) is 0 Å². The summed E-state index contributed by atoms with van der Waals surface area (Å²) in [7, 11) is 0. The molecule has 0 bridgehead atoms. The highest BCUT2D eigenvalue weighted by atomic mass is 35.5. The maximum atomic E-state index is 12.2. The second-order valence-corrected chi connectivity index (χ2v) is 7.02. The van der Waals surface area contributed by atoms with Crippen LogP contribution in [-0.2, 0) is 9.53 Å². The number of hydrogen-bond donors (Lipinski definition) is 1. The van der Waals surface area contributed by atoms with E-state index in [-0.39, 0.29) is 17.5 Å². The van der Waals surface area contributed by atoms with Crippen molar-refractivity contribution in [2.24, 2.45) is 0 Å². The second kappa shape index (κ2) is 8.60. The third-order valence-electron chi connectivity index (χ3n) is 4.00. The first-order valence-corrected chi connectivity index (χ1v) is 9.46. The Labute approximate surface area is 146 Å².